The molecule has 270 valence electrons. The number of hydrogen-bond donors (Lipinski definition) is 2. The van der Waals surface area contributed by atoms with E-state index in [-0.39, 0.29) is 33.0 Å². The van der Waals surface area contributed by atoms with Crippen LogP contribution in [-0.4, -0.2) is 36.7 Å². The number of benzene rings is 3. The van der Waals surface area contributed by atoms with E-state index in [9.17, 15) is 23.4 Å². The molecule has 49 heavy (non-hydrogen) atoms. The Hall–Kier alpha value is -3.52. The fourth-order valence-corrected chi connectivity index (χ4v) is 6.15. The predicted molar refractivity (Wildman–Crippen MR) is 194 cm³/mol. The highest BCUT2D eigenvalue weighted by atomic mass is 19.4. The summed E-state index contributed by atoms with van der Waals surface area (Å²) in [5.41, 5.74) is 0.342. The summed E-state index contributed by atoms with van der Waals surface area (Å²) in [4.78, 5) is 4.69. The first kappa shape index (κ1) is 39.9. The predicted octanol–water partition coefficient (Wildman–Crippen LogP) is 10.4. The van der Waals surface area contributed by atoms with Crippen molar-refractivity contribution in [2.45, 2.75) is 129 Å². The van der Waals surface area contributed by atoms with Gasteiger partial charge in [-0.1, -0.05) is 83.1 Å². The van der Waals surface area contributed by atoms with Gasteiger partial charge in [-0.3, -0.25) is 4.99 Å². The summed E-state index contributed by atoms with van der Waals surface area (Å²) in [6.45, 7) is 26.7. The molecule has 0 amide bonds. The molecule has 0 aliphatic carbocycles. The molecule has 0 fully saturated rings. The molecule has 0 bridgehead atoms. The first-order valence-corrected chi connectivity index (χ1v) is 16.7. The molecule has 3 rings (SSSR count). The van der Waals surface area contributed by atoms with Crippen LogP contribution in [0.15, 0.2) is 47.5 Å². The lowest BCUT2D eigenvalue weighted by Gasteiger charge is -2.39. The van der Waals surface area contributed by atoms with Gasteiger partial charge in [0.25, 0.3) is 0 Å². The van der Waals surface area contributed by atoms with Crippen LogP contribution in [0.2, 0.25) is 0 Å². The van der Waals surface area contributed by atoms with Crippen molar-refractivity contribution >= 4 is 6.21 Å². The zero-order valence-corrected chi connectivity index (χ0v) is 32.0. The molecule has 1 atom stereocenters. The number of hydrogen-bond acceptors (Lipinski definition) is 5. The standard InChI is InChI=1S/C41H56F3NO4/c1-24(45-23-25-18-26(41(42,43)44)16-17-33(25)46)40(47,27-19-29(36(2,3)4)34(48-14)30(20-27)37(5,6)7)28-21-31(38(8,9)10)35(49-15)32(22-28)39(11,12)13/h16-24,46-47H,1-15H3. The van der Waals surface area contributed by atoms with E-state index < -0.39 is 23.4 Å². The third kappa shape index (κ3) is 8.28. The van der Waals surface area contributed by atoms with Gasteiger partial charge in [0.15, 0.2) is 0 Å². The number of ether oxygens (including phenoxy) is 2. The van der Waals surface area contributed by atoms with E-state index in [1.165, 1.54) is 6.21 Å². The largest absolute Gasteiger partial charge is 0.507 e. The Labute approximate surface area is 291 Å². The van der Waals surface area contributed by atoms with Crippen LogP contribution in [0.1, 0.15) is 135 Å². The van der Waals surface area contributed by atoms with Crippen molar-refractivity contribution in [2.24, 2.45) is 4.99 Å². The summed E-state index contributed by atoms with van der Waals surface area (Å²) >= 11 is 0. The van der Waals surface area contributed by atoms with Gasteiger partial charge in [-0.25, -0.2) is 0 Å². The summed E-state index contributed by atoms with van der Waals surface area (Å²) in [5.74, 6) is 1.12. The van der Waals surface area contributed by atoms with E-state index in [1.54, 1.807) is 21.1 Å². The minimum atomic E-state index is -4.60. The fraction of sp³-hybridized carbons (Fsp3) is 0.537. The summed E-state index contributed by atoms with van der Waals surface area (Å²) < 4.78 is 52.9. The van der Waals surface area contributed by atoms with E-state index >= 15 is 0 Å². The monoisotopic (exact) mass is 683 g/mol. The molecule has 0 saturated heterocycles. The first-order valence-electron chi connectivity index (χ1n) is 16.7. The number of aliphatic imine (C=N–C) groups is 1. The van der Waals surface area contributed by atoms with Crippen LogP contribution in [0, 0.1) is 0 Å². The number of halogens is 3. The van der Waals surface area contributed by atoms with Crippen molar-refractivity contribution in [2.75, 3.05) is 14.2 Å². The van der Waals surface area contributed by atoms with E-state index in [0.29, 0.717) is 11.1 Å². The molecule has 0 radical (unpaired) electrons. The van der Waals surface area contributed by atoms with Gasteiger partial charge in [0.05, 0.1) is 25.8 Å². The van der Waals surface area contributed by atoms with Gasteiger partial charge in [-0.05, 0) is 82.2 Å². The molecule has 0 aromatic heterocycles. The second kappa shape index (κ2) is 13.3. The number of aliphatic hydroxyl groups is 1. The molecule has 1 unspecified atom stereocenters. The molecule has 0 saturated carbocycles. The fourth-order valence-electron chi connectivity index (χ4n) is 6.15. The van der Waals surface area contributed by atoms with Crippen molar-refractivity contribution in [3.63, 3.8) is 0 Å². The molecular formula is C41H56F3NO4. The number of alkyl halides is 3. The lowest BCUT2D eigenvalue weighted by molar-refractivity contribution is -0.137. The molecule has 0 aliphatic heterocycles. The highest BCUT2D eigenvalue weighted by Crippen LogP contribution is 2.48. The van der Waals surface area contributed by atoms with Crippen molar-refractivity contribution in [3.05, 3.63) is 87.0 Å². The van der Waals surface area contributed by atoms with Crippen molar-refractivity contribution in [3.8, 4) is 17.2 Å². The zero-order valence-electron chi connectivity index (χ0n) is 32.0. The highest BCUT2D eigenvalue weighted by Gasteiger charge is 2.43. The summed E-state index contributed by atoms with van der Waals surface area (Å²) in [6.07, 6.45) is -3.40. The van der Waals surface area contributed by atoms with Crippen LogP contribution >= 0.6 is 0 Å². The number of methoxy groups -OCH3 is 2. The number of aromatic hydroxyl groups is 1. The van der Waals surface area contributed by atoms with Gasteiger partial charge in [0.1, 0.15) is 22.8 Å². The first-order chi connectivity index (χ1) is 22.1. The quantitative estimate of drug-likeness (QED) is 0.243. The SMILES string of the molecule is COc1c(C(C)(C)C)cc(C(O)(c2cc(C(C)(C)C)c(OC)c(C(C)(C)C)c2)C(C)N=Cc2cc(C(F)(F)F)ccc2O)cc1C(C)(C)C. The summed E-state index contributed by atoms with van der Waals surface area (Å²) in [7, 11) is 3.30. The normalized spacial score (nSPS) is 14.3. The van der Waals surface area contributed by atoms with Gasteiger partial charge in [0, 0.05) is 34.0 Å². The Balaban J connectivity index is 2.56. The van der Waals surface area contributed by atoms with Gasteiger partial charge in [-0.15, -0.1) is 0 Å². The van der Waals surface area contributed by atoms with Crippen molar-refractivity contribution in [1.29, 1.82) is 0 Å². The molecule has 3 aromatic rings. The Morgan fingerprint density at radius 1 is 0.612 bits per heavy atom. The number of nitrogens with zero attached hydrogens (tertiary/aromatic N) is 1. The topological polar surface area (TPSA) is 71.3 Å². The van der Waals surface area contributed by atoms with Gasteiger partial charge >= 0.3 is 6.18 Å². The average molecular weight is 684 g/mol. The minimum Gasteiger partial charge on any atom is -0.507 e. The molecule has 0 heterocycles. The zero-order chi connectivity index (χ0) is 37.7. The Morgan fingerprint density at radius 3 is 1.24 bits per heavy atom. The maximum absolute atomic E-state index is 13.6. The minimum absolute atomic E-state index is 0.106. The van der Waals surface area contributed by atoms with Crippen LogP contribution in [0.5, 0.6) is 17.2 Å². The van der Waals surface area contributed by atoms with Gasteiger partial charge in [0.2, 0.25) is 0 Å². The van der Waals surface area contributed by atoms with Crippen molar-refractivity contribution < 1.29 is 32.9 Å². The molecule has 5 nitrogen and oxygen atoms in total. The maximum atomic E-state index is 13.6. The highest BCUT2D eigenvalue weighted by molar-refractivity contribution is 5.84. The molecule has 3 aromatic carbocycles. The number of phenolic OH excluding ortho intramolecular Hbond substituents is 1. The Morgan fingerprint density at radius 2 is 0.959 bits per heavy atom. The lowest BCUT2D eigenvalue weighted by atomic mass is 9.71. The smallest absolute Gasteiger partial charge is 0.416 e. The van der Waals surface area contributed by atoms with Gasteiger partial charge in [-0.2, -0.15) is 13.2 Å². The molecule has 0 aliphatic rings. The number of phenols is 1. The van der Waals surface area contributed by atoms with E-state index in [0.717, 1.165) is 52.0 Å². The molecule has 8 heteroatoms. The van der Waals surface area contributed by atoms with Crippen molar-refractivity contribution in [1.82, 2.24) is 0 Å². The maximum Gasteiger partial charge on any atom is 0.416 e. The summed E-state index contributed by atoms with van der Waals surface area (Å²) in [6, 6.07) is 9.58. The third-order valence-corrected chi connectivity index (χ3v) is 9.10. The molecule has 2 N–H and O–H groups in total. The average Bonchev–Trinajstić information content (AvgIpc) is 2.96. The van der Waals surface area contributed by atoms with Crippen LogP contribution in [-0.2, 0) is 33.4 Å². The van der Waals surface area contributed by atoms with Crippen LogP contribution in [0.3, 0.4) is 0 Å². The Bertz CT molecular complexity index is 1540. The van der Waals surface area contributed by atoms with Gasteiger partial charge < -0.3 is 19.7 Å². The Kier molecular flexibility index (Phi) is 10.8. The van der Waals surface area contributed by atoms with Crippen LogP contribution < -0.4 is 9.47 Å². The van der Waals surface area contributed by atoms with Crippen LogP contribution in [0.25, 0.3) is 0 Å². The number of rotatable bonds is 7. The lowest BCUT2D eigenvalue weighted by Crippen LogP contribution is -2.39. The molecular weight excluding hydrogens is 627 g/mol. The second-order valence-corrected chi connectivity index (χ2v) is 17.2. The third-order valence-electron chi connectivity index (χ3n) is 9.10. The summed E-state index contributed by atoms with van der Waals surface area (Å²) in [5, 5.41) is 23.9. The van der Waals surface area contributed by atoms with Crippen LogP contribution in [0.4, 0.5) is 13.2 Å². The molecule has 0 spiro atoms. The van der Waals surface area contributed by atoms with E-state index in [4.69, 9.17) is 14.5 Å². The second-order valence-electron chi connectivity index (χ2n) is 17.2. The van der Waals surface area contributed by atoms with E-state index in [2.05, 4.69) is 83.1 Å². The van der Waals surface area contributed by atoms with E-state index in [1.807, 2.05) is 24.3 Å².